The summed E-state index contributed by atoms with van der Waals surface area (Å²) < 4.78 is 30.2. The number of benzene rings is 1. The summed E-state index contributed by atoms with van der Waals surface area (Å²) in [4.78, 5) is 0. The number of aryl methyl sites for hydroxylation is 1. The van der Waals surface area contributed by atoms with Crippen molar-refractivity contribution in [3.63, 3.8) is 0 Å². The first kappa shape index (κ1) is 28.0. The van der Waals surface area contributed by atoms with E-state index in [2.05, 4.69) is 6.92 Å². The second kappa shape index (κ2) is 14.1. The third-order valence-corrected chi connectivity index (χ3v) is 7.39. The molecule has 5 nitrogen and oxygen atoms in total. The van der Waals surface area contributed by atoms with Crippen molar-refractivity contribution in [1.82, 2.24) is 8.28 Å². The number of imidazole rings is 1. The number of hydrogen-bond acceptors (Lipinski definition) is 2. The van der Waals surface area contributed by atoms with E-state index in [1.807, 2.05) is 22.9 Å². The molecule has 8 heteroatoms. The Morgan fingerprint density at radius 2 is 1.42 bits per heavy atom. The van der Waals surface area contributed by atoms with Crippen LogP contribution in [0.3, 0.4) is 0 Å². The van der Waals surface area contributed by atoms with E-state index in [9.17, 15) is 8.42 Å². The Labute approximate surface area is 200 Å². The van der Waals surface area contributed by atoms with Crippen LogP contribution in [0.5, 0.6) is 0 Å². The van der Waals surface area contributed by atoms with E-state index in [4.69, 9.17) is 11.6 Å². The first-order valence-electron chi connectivity index (χ1n) is 11.2. The average Bonchev–Trinajstić information content (AvgIpc) is 3.14. The van der Waals surface area contributed by atoms with Crippen LogP contribution in [0.25, 0.3) is 11.4 Å². The minimum Gasteiger partial charge on any atom is -1.00 e. The zero-order valence-corrected chi connectivity index (χ0v) is 21.4. The van der Waals surface area contributed by atoms with Crippen LogP contribution < -0.4 is 17.0 Å². The Bertz CT molecular complexity index is 865. The Balaban J connectivity index is 0.00000480. The molecule has 0 fully saturated rings. The van der Waals surface area contributed by atoms with Crippen molar-refractivity contribution in [2.24, 2.45) is 0 Å². The van der Waals surface area contributed by atoms with Gasteiger partial charge in [-0.05, 0) is 37.1 Å². The summed E-state index contributed by atoms with van der Waals surface area (Å²) >= 11 is 6.03. The van der Waals surface area contributed by atoms with E-state index in [0.717, 1.165) is 24.9 Å². The van der Waals surface area contributed by atoms with Crippen molar-refractivity contribution in [2.45, 2.75) is 77.7 Å². The normalized spacial score (nSPS) is 11.6. The highest BCUT2D eigenvalue weighted by Gasteiger charge is 2.30. The maximum atomic E-state index is 12.8. The van der Waals surface area contributed by atoms with Gasteiger partial charge in [-0.3, -0.25) is 0 Å². The van der Waals surface area contributed by atoms with Gasteiger partial charge in [0.25, 0.3) is 0 Å². The molecule has 0 spiro atoms. The summed E-state index contributed by atoms with van der Waals surface area (Å²) in [6.07, 6.45) is 16.3. The summed E-state index contributed by atoms with van der Waals surface area (Å²) in [5.41, 5.74) is 0.835. The molecule has 0 aliphatic rings. The zero-order chi connectivity index (χ0) is 22.0. The van der Waals surface area contributed by atoms with E-state index >= 15 is 0 Å². The van der Waals surface area contributed by atoms with Crippen molar-refractivity contribution in [3.05, 3.63) is 41.7 Å². The van der Waals surface area contributed by atoms with Gasteiger partial charge in [0.2, 0.25) is 0 Å². The Kier molecular flexibility index (Phi) is 12.8. The molecule has 1 aromatic carbocycles. The molecule has 1 heterocycles. The molecule has 1 aromatic heterocycles. The maximum Gasteiger partial charge on any atom is 0.379 e. The number of hydrogen-bond donors (Lipinski definition) is 0. The first-order chi connectivity index (χ1) is 14.4. The van der Waals surface area contributed by atoms with Crippen LogP contribution in [0.2, 0.25) is 5.02 Å². The molecule has 0 N–H and O–H groups in total. The fourth-order valence-corrected chi connectivity index (χ4v) is 4.73. The predicted octanol–water partition coefficient (Wildman–Crippen LogP) is 2.68. The highest BCUT2D eigenvalue weighted by Crippen LogP contribution is 2.21. The molecular weight excluding hydrogens is 453 g/mol. The van der Waals surface area contributed by atoms with Gasteiger partial charge in [0.1, 0.15) is 12.4 Å². The molecule has 0 bridgehead atoms. The molecule has 0 saturated carbocycles. The monoisotopic (exact) mass is 489 g/mol. The number of nitrogens with zero attached hydrogens (tertiary/aromatic N) is 3. The Hall–Kier alpha value is -1.08. The maximum absolute atomic E-state index is 12.8. The third-order valence-electron chi connectivity index (χ3n) is 5.43. The topological polar surface area (TPSA) is 46.2 Å². The van der Waals surface area contributed by atoms with E-state index in [0.29, 0.717) is 10.8 Å². The van der Waals surface area contributed by atoms with Gasteiger partial charge in [0.05, 0.1) is 12.1 Å². The third kappa shape index (κ3) is 8.41. The number of halogens is 2. The predicted molar refractivity (Wildman–Crippen MR) is 125 cm³/mol. The van der Waals surface area contributed by atoms with Crippen LogP contribution in [0.1, 0.15) is 71.1 Å². The molecule has 176 valence electrons. The lowest BCUT2D eigenvalue weighted by molar-refractivity contribution is -0.685. The molecule has 0 unspecified atom stereocenters. The summed E-state index contributed by atoms with van der Waals surface area (Å²) in [5.74, 6) is 0.663. The molecule has 0 aliphatic carbocycles. The van der Waals surface area contributed by atoms with Gasteiger partial charge < -0.3 is 12.4 Å². The summed E-state index contributed by atoms with van der Waals surface area (Å²) in [6.45, 7) is 3.05. The van der Waals surface area contributed by atoms with E-state index in [-0.39, 0.29) is 12.4 Å². The van der Waals surface area contributed by atoms with Crippen LogP contribution >= 0.6 is 11.6 Å². The van der Waals surface area contributed by atoms with Crippen molar-refractivity contribution < 1.29 is 25.4 Å². The van der Waals surface area contributed by atoms with Gasteiger partial charge >= 0.3 is 16.0 Å². The summed E-state index contributed by atoms with van der Waals surface area (Å²) in [7, 11) is -0.503. The lowest BCUT2D eigenvalue weighted by atomic mass is 10.1. The van der Waals surface area contributed by atoms with Crippen LogP contribution in [-0.4, -0.2) is 30.8 Å². The molecule has 2 aromatic rings. The van der Waals surface area contributed by atoms with Crippen molar-refractivity contribution >= 4 is 21.8 Å². The summed E-state index contributed by atoms with van der Waals surface area (Å²) in [6, 6.07) is 7.32. The van der Waals surface area contributed by atoms with Gasteiger partial charge in [-0.15, -0.1) is 3.97 Å². The molecule has 0 aliphatic heterocycles. The second-order valence-electron chi connectivity index (χ2n) is 8.09. The molecule has 2 rings (SSSR count). The minimum absolute atomic E-state index is 0. The van der Waals surface area contributed by atoms with E-state index < -0.39 is 10.2 Å². The SMILES string of the molecule is CCCCCCCCCCCC[n+]1ccn(S(=O)(=O)N(C)C)c1-c1ccc(Cl)cc1.[Cl-]. The quantitative estimate of drug-likeness (QED) is 0.302. The molecule has 0 amide bonds. The van der Waals surface area contributed by atoms with Gasteiger partial charge in [-0.1, -0.05) is 69.9 Å². The smallest absolute Gasteiger partial charge is 0.379 e. The Morgan fingerprint density at radius 3 is 1.94 bits per heavy atom. The van der Waals surface area contributed by atoms with Crippen LogP contribution in [-0.2, 0) is 16.8 Å². The number of unbranched alkanes of at least 4 members (excludes halogenated alkanes) is 9. The first-order valence-corrected chi connectivity index (χ1v) is 12.9. The molecule has 31 heavy (non-hydrogen) atoms. The van der Waals surface area contributed by atoms with Gasteiger partial charge in [0, 0.05) is 19.1 Å². The fraction of sp³-hybridized carbons (Fsp3) is 0.609. The molecule has 0 saturated heterocycles. The van der Waals surface area contributed by atoms with Crippen molar-refractivity contribution in [1.29, 1.82) is 0 Å². The number of rotatable bonds is 14. The number of aromatic nitrogens is 2. The van der Waals surface area contributed by atoms with E-state index in [1.165, 1.54) is 59.6 Å². The van der Waals surface area contributed by atoms with Gasteiger partial charge in [-0.2, -0.15) is 12.7 Å². The Morgan fingerprint density at radius 1 is 0.903 bits per heavy atom. The minimum atomic E-state index is -3.60. The van der Waals surface area contributed by atoms with Crippen molar-refractivity contribution in [2.75, 3.05) is 14.1 Å². The molecule has 0 radical (unpaired) electrons. The standard InChI is InChI=1S/C23H37ClN3O2S.ClH/c1-4-5-6-7-8-9-10-11-12-13-18-26-19-20-27(30(28,29)25(2)3)23(26)21-14-16-22(24)17-15-21;/h14-17,19-20H,4-13,18H2,1-3H3;1H/q+1;/p-1. The lowest BCUT2D eigenvalue weighted by Crippen LogP contribution is -3.00. The molecule has 0 atom stereocenters. The molecular formula is C23H37Cl2N3O2S. The van der Waals surface area contributed by atoms with Gasteiger partial charge in [-0.25, -0.2) is 4.57 Å². The van der Waals surface area contributed by atoms with Crippen LogP contribution in [0.4, 0.5) is 0 Å². The lowest BCUT2D eigenvalue weighted by Gasteiger charge is -2.10. The van der Waals surface area contributed by atoms with Gasteiger partial charge in [0.15, 0.2) is 0 Å². The van der Waals surface area contributed by atoms with Crippen LogP contribution in [0, 0.1) is 0 Å². The average molecular weight is 491 g/mol. The van der Waals surface area contributed by atoms with Crippen molar-refractivity contribution in [3.8, 4) is 11.4 Å². The van der Waals surface area contributed by atoms with Crippen LogP contribution in [0.15, 0.2) is 36.7 Å². The zero-order valence-electron chi connectivity index (χ0n) is 19.1. The highest BCUT2D eigenvalue weighted by atomic mass is 35.5. The highest BCUT2D eigenvalue weighted by molar-refractivity contribution is 7.87. The van der Waals surface area contributed by atoms with E-state index in [1.54, 1.807) is 32.4 Å². The summed E-state index contributed by atoms with van der Waals surface area (Å²) in [5, 5.41) is 0.633. The fourth-order valence-electron chi connectivity index (χ4n) is 3.61. The largest absolute Gasteiger partial charge is 1.00 e. The second-order valence-corrected chi connectivity index (χ2v) is 10.5.